The lowest BCUT2D eigenvalue weighted by Crippen LogP contribution is -2.27. The minimum atomic E-state index is 0.443. The SMILES string of the molecule is [O-][n+]1ccccc1-c1ccc(Cl)c(Cl)c1. The van der Waals surface area contributed by atoms with E-state index in [0.29, 0.717) is 15.7 Å². The number of benzene rings is 1. The molecule has 76 valence electrons. The van der Waals surface area contributed by atoms with E-state index in [1.165, 1.54) is 6.20 Å². The average Bonchev–Trinajstić information content (AvgIpc) is 2.23. The summed E-state index contributed by atoms with van der Waals surface area (Å²) in [7, 11) is 0. The van der Waals surface area contributed by atoms with Crippen molar-refractivity contribution in [1.82, 2.24) is 0 Å². The lowest BCUT2D eigenvalue weighted by Gasteiger charge is -2.04. The quantitative estimate of drug-likeness (QED) is 0.555. The number of halogens is 2. The number of nitrogens with zero attached hydrogens (tertiary/aromatic N) is 1. The number of hydrogen-bond donors (Lipinski definition) is 0. The maximum atomic E-state index is 11.5. The second kappa shape index (κ2) is 4.09. The normalized spacial score (nSPS) is 10.3. The summed E-state index contributed by atoms with van der Waals surface area (Å²) in [4.78, 5) is 0. The van der Waals surface area contributed by atoms with Crippen LogP contribution in [0, 0.1) is 5.21 Å². The molecule has 1 heterocycles. The monoisotopic (exact) mass is 239 g/mol. The molecular weight excluding hydrogens is 233 g/mol. The van der Waals surface area contributed by atoms with Crippen LogP contribution >= 0.6 is 23.2 Å². The van der Waals surface area contributed by atoms with Crippen LogP contribution in [0.1, 0.15) is 0 Å². The third kappa shape index (κ3) is 2.06. The molecule has 2 nitrogen and oxygen atoms in total. The highest BCUT2D eigenvalue weighted by Gasteiger charge is 2.08. The Balaban J connectivity index is 2.55. The van der Waals surface area contributed by atoms with E-state index < -0.39 is 0 Å². The molecule has 0 aliphatic heterocycles. The maximum Gasteiger partial charge on any atom is 0.223 e. The fourth-order valence-corrected chi connectivity index (χ4v) is 1.61. The second-order valence-corrected chi connectivity index (χ2v) is 3.85. The van der Waals surface area contributed by atoms with Crippen LogP contribution in [0.15, 0.2) is 42.6 Å². The van der Waals surface area contributed by atoms with Gasteiger partial charge in [0.05, 0.1) is 10.0 Å². The van der Waals surface area contributed by atoms with Crippen LogP contribution in [0.5, 0.6) is 0 Å². The summed E-state index contributed by atoms with van der Waals surface area (Å²) in [6.07, 6.45) is 1.44. The van der Waals surface area contributed by atoms with Gasteiger partial charge in [-0.3, -0.25) is 0 Å². The van der Waals surface area contributed by atoms with Gasteiger partial charge in [-0.15, -0.1) is 0 Å². The molecule has 0 saturated carbocycles. The van der Waals surface area contributed by atoms with Crippen molar-refractivity contribution < 1.29 is 4.73 Å². The first kappa shape index (κ1) is 10.3. The van der Waals surface area contributed by atoms with Gasteiger partial charge in [0.15, 0.2) is 6.20 Å². The fourth-order valence-electron chi connectivity index (χ4n) is 1.31. The molecule has 1 aromatic heterocycles. The van der Waals surface area contributed by atoms with Gasteiger partial charge in [0.25, 0.3) is 0 Å². The predicted molar refractivity (Wildman–Crippen MR) is 60.9 cm³/mol. The molecule has 0 bridgehead atoms. The van der Waals surface area contributed by atoms with Crippen LogP contribution in [-0.2, 0) is 0 Å². The van der Waals surface area contributed by atoms with Gasteiger partial charge in [-0.1, -0.05) is 23.2 Å². The van der Waals surface area contributed by atoms with Gasteiger partial charge in [0, 0.05) is 17.7 Å². The van der Waals surface area contributed by atoms with Gasteiger partial charge in [-0.05, 0) is 24.3 Å². The Morgan fingerprint density at radius 1 is 1.00 bits per heavy atom. The summed E-state index contributed by atoms with van der Waals surface area (Å²) >= 11 is 11.7. The topological polar surface area (TPSA) is 26.9 Å². The van der Waals surface area contributed by atoms with E-state index in [9.17, 15) is 5.21 Å². The minimum absolute atomic E-state index is 0.443. The van der Waals surface area contributed by atoms with Crippen molar-refractivity contribution >= 4 is 23.2 Å². The van der Waals surface area contributed by atoms with Crippen molar-refractivity contribution in [2.75, 3.05) is 0 Å². The average molecular weight is 240 g/mol. The van der Waals surface area contributed by atoms with Gasteiger partial charge in [0.1, 0.15) is 0 Å². The molecular formula is C11H7Cl2NO. The van der Waals surface area contributed by atoms with Crippen molar-refractivity contribution in [3.05, 3.63) is 57.8 Å². The zero-order valence-corrected chi connectivity index (χ0v) is 9.16. The molecule has 0 amide bonds. The summed E-state index contributed by atoms with van der Waals surface area (Å²) in [5.74, 6) is 0. The van der Waals surface area contributed by atoms with Crippen molar-refractivity contribution in [3.8, 4) is 11.3 Å². The molecule has 0 aliphatic rings. The van der Waals surface area contributed by atoms with Crippen molar-refractivity contribution in [2.45, 2.75) is 0 Å². The minimum Gasteiger partial charge on any atom is -0.618 e. The standard InChI is InChI=1S/C11H7Cl2NO/c12-9-5-4-8(7-10(9)13)11-3-1-2-6-14(11)15/h1-7H. The van der Waals surface area contributed by atoms with Crippen molar-refractivity contribution in [1.29, 1.82) is 0 Å². The van der Waals surface area contributed by atoms with Crippen molar-refractivity contribution in [3.63, 3.8) is 0 Å². The molecule has 2 rings (SSSR count). The summed E-state index contributed by atoms with van der Waals surface area (Å²) in [5.41, 5.74) is 1.30. The summed E-state index contributed by atoms with van der Waals surface area (Å²) in [6, 6.07) is 10.3. The van der Waals surface area contributed by atoms with Crippen LogP contribution in [0.2, 0.25) is 10.0 Å². The third-order valence-corrected chi connectivity index (χ3v) is 2.78. The molecule has 0 saturated heterocycles. The van der Waals surface area contributed by atoms with Crippen LogP contribution in [0.25, 0.3) is 11.3 Å². The van der Waals surface area contributed by atoms with Crippen molar-refractivity contribution in [2.24, 2.45) is 0 Å². The summed E-state index contributed by atoms with van der Waals surface area (Å²) in [6.45, 7) is 0. The first-order valence-electron chi connectivity index (χ1n) is 4.32. The zero-order valence-electron chi connectivity index (χ0n) is 7.65. The second-order valence-electron chi connectivity index (χ2n) is 3.04. The lowest BCUT2D eigenvalue weighted by atomic mass is 10.1. The molecule has 0 unspecified atom stereocenters. The molecule has 0 spiro atoms. The Morgan fingerprint density at radius 3 is 2.47 bits per heavy atom. The maximum absolute atomic E-state index is 11.5. The van der Waals surface area contributed by atoms with Crippen LogP contribution in [0.4, 0.5) is 0 Å². The Bertz CT molecular complexity index is 500. The first-order valence-corrected chi connectivity index (χ1v) is 5.07. The van der Waals surface area contributed by atoms with E-state index in [4.69, 9.17) is 23.2 Å². The number of rotatable bonds is 1. The first-order chi connectivity index (χ1) is 7.18. The van der Waals surface area contributed by atoms with E-state index in [1.54, 1.807) is 36.4 Å². The Morgan fingerprint density at radius 2 is 1.80 bits per heavy atom. The molecule has 0 fully saturated rings. The Labute approximate surface area is 97.3 Å². The fraction of sp³-hybridized carbons (Fsp3) is 0. The zero-order chi connectivity index (χ0) is 10.8. The molecule has 0 aliphatic carbocycles. The summed E-state index contributed by atoms with van der Waals surface area (Å²) < 4.78 is 0.791. The van der Waals surface area contributed by atoms with Crippen LogP contribution in [-0.4, -0.2) is 0 Å². The molecule has 4 heteroatoms. The Kier molecular flexibility index (Phi) is 2.80. The smallest absolute Gasteiger partial charge is 0.223 e. The highest BCUT2D eigenvalue weighted by molar-refractivity contribution is 6.42. The van der Waals surface area contributed by atoms with E-state index in [-0.39, 0.29) is 0 Å². The van der Waals surface area contributed by atoms with Gasteiger partial charge in [-0.2, -0.15) is 4.73 Å². The number of aromatic nitrogens is 1. The van der Waals surface area contributed by atoms with Gasteiger partial charge in [-0.25, -0.2) is 0 Å². The summed E-state index contributed by atoms with van der Waals surface area (Å²) in [5, 5.41) is 12.4. The molecule has 0 radical (unpaired) electrons. The highest BCUT2D eigenvalue weighted by atomic mass is 35.5. The van der Waals surface area contributed by atoms with Gasteiger partial charge in [0.2, 0.25) is 5.69 Å². The van der Waals surface area contributed by atoms with Crippen LogP contribution in [0.3, 0.4) is 0 Å². The van der Waals surface area contributed by atoms with E-state index >= 15 is 0 Å². The number of pyridine rings is 1. The van der Waals surface area contributed by atoms with Gasteiger partial charge >= 0.3 is 0 Å². The van der Waals surface area contributed by atoms with E-state index in [2.05, 4.69) is 0 Å². The molecule has 2 aromatic rings. The highest BCUT2D eigenvalue weighted by Crippen LogP contribution is 2.26. The Hall–Kier alpha value is -1.25. The predicted octanol–water partition coefficient (Wildman–Crippen LogP) is 3.29. The molecule has 1 aromatic carbocycles. The number of hydrogen-bond acceptors (Lipinski definition) is 1. The lowest BCUT2D eigenvalue weighted by molar-refractivity contribution is -0.593. The largest absolute Gasteiger partial charge is 0.618 e. The third-order valence-electron chi connectivity index (χ3n) is 2.04. The molecule has 0 N–H and O–H groups in total. The molecule has 15 heavy (non-hydrogen) atoms. The van der Waals surface area contributed by atoms with Crippen LogP contribution < -0.4 is 4.73 Å². The van der Waals surface area contributed by atoms with E-state index in [0.717, 1.165) is 10.3 Å². The van der Waals surface area contributed by atoms with E-state index in [1.807, 2.05) is 0 Å². The molecule has 0 atom stereocenters. The van der Waals surface area contributed by atoms with Gasteiger partial charge < -0.3 is 5.21 Å².